The molecule has 138 valence electrons. The Labute approximate surface area is 156 Å². The summed E-state index contributed by atoms with van der Waals surface area (Å²) >= 11 is 5.89. The van der Waals surface area contributed by atoms with Crippen LogP contribution >= 0.6 is 11.6 Å². The van der Waals surface area contributed by atoms with E-state index in [0.29, 0.717) is 22.7 Å². The Kier molecular flexibility index (Phi) is 6.80. The molecule has 1 N–H and O–H groups in total. The van der Waals surface area contributed by atoms with Crippen molar-refractivity contribution in [3.05, 3.63) is 47.2 Å². The number of carbonyl (C=O) groups excluding carboxylic acids is 2. The topological polar surface area (TPSA) is 86.8 Å². The molecular formula is C18H19ClN2O5. The van der Waals surface area contributed by atoms with Gasteiger partial charge in [-0.25, -0.2) is 4.98 Å². The number of carbonyl (C=O) groups is 2. The highest BCUT2D eigenvalue weighted by molar-refractivity contribution is 6.32. The van der Waals surface area contributed by atoms with E-state index in [1.807, 2.05) is 0 Å². The van der Waals surface area contributed by atoms with Gasteiger partial charge in [0, 0.05) is 17.8 Å². The summed E-state index contributed by atoms with van der Waals surface area (Å²) in [6, 6.07) is 8.33. The van der Waals surface area contributed by atoms with E-state index in [-0.39, 0.29) is 11.6 Å². The fourth-order valence-electron chi connectivity index (χ4n) is 2.16. The van der Waals surface area contributed by atoms with Crippen molar-refractivity contribution in [2.45, 2.75) is 19.4 Å². The first kappa shape index (κ1) is 19.5. The third-order valence-corrected chi connectivity index (χ3v) is 3.82. The zero-order valence-corrected chi connectivity index (χ0v) is 15.4. The summed E-state index contributed by atoms with van der Waals surface area (Å²) in [4.78, 5) is 28.1. The molecule has 1 atom stereocenters. The molecule has 0 saturated carbocycles. The first-order chi connectivity index (χ1) is 12.4. The standard InChI is InChI=1S/C18H19ClN2O5/c1-11(18(23)21-14-5-4-8-20-17(14)19)26-16(22)9-12-6-7-13(24-2)10-15(12)25-3/h4-8,10-11H,9H2,1-3H3,(H,21,23)/t11-/m0/s1. The third kappa shape index (κ3) is 5.10. The molecule has 1 heterocycles. The van der Waals surface area contributed by atoms with Crippen molar-refractivity contribution in [3.8, 4) is 11.5 Å². The molecule has 8 heteroatoms. The second kappa shape index (κ2) is 9.05. The molecule has 26 heavy (non-hydrogen) atoms. The van der Waals surface area contributed by atoms with Crippen molar-refractivity contribution >= 4 is 29.2 Å². The number of amides is 1. The van der Waals surface area contributed by atoms with Gasteiger partial charge >= 0.3 is 5.97 Å². The molecule has 2 rings (SSSR count). The lowest BCUT2D eigenvalue weighted by molar-refractivity contribution is -0.152. The minimum Gasteiger partial charge on any atom is -0.497 e. The number of pyridine rings is 1. The van der Waals surface area contributed by atoms with E-state index in [1.54, 1.807) is 30.3 Å². The van der Waals surface area contributed by atoms with E-state index in [9.17, 15) is 9.59 Å². The van der Waals surface area contributed by atoms with Gasteiger partial charge in [0.2, 0.25) is 0 Å². The summed E-state index contributed by atoms with van der Waals surface area (Å²) in [5.74, 6) is 0.0453. The maximum atomic E-state index is 12.1. The monoisotopic (exact) mass is 378 g/mol. The largest absolute Gasteiger partial charge is 0.497 e. The molecule has 0 aliphatic heterocycles. The molecule has 1 amide bonds. The van der Waals surface area contributed by atoms with Gasteiger partial charge in [0.05, 0.1) is 26.3 Å². The number of methoxy groups -OCH3 is 2. The van der Waals surface area contributed by atoms with Gasteiger partial charge in [0.25, 0.3) is 5.91 Å². The normalized spacial score (nSPS) is 11.4. The highest BCUT2D eigenvalue weighted by atomic mass is 35.5. The smallest absolute Gasteiger partial charge is 0.311 e. The fourth-order valence-corrected chi connectivity index (χ4v) is 2.33. The van der Waals surface area contributed by atoms with E-state index in [0.717, 1.165) is 0 Å². The SMILES string of the molecule is COc1ccc(CC(=O)O[C@@H](C)C(=O)Nc2cccnc2Cl)c(OC)c1. The molecule has 1 aromatic heterocycles. The summed E-state index contributed by atoms with van der Waals surface area (Å²) in [6.07, 6.45) is 0.463. The van der Waals surface area contributed by atoms with Crippen LogP contribution in [0.5, 0.6) is 11.5 Å². The first-order valence-corrected chi connectivity index (χ1v) is 8.14. The van der Waals surface area contributed by atoms with Crippen LogP contribution in [-0.4, -0.2) is 37.2 Å². The van der Waals surface area contributed by atoms with Gasteiger partial charge in [0.1, 0.15) is 11.5 Å². The predicted octanol–water partition coefficient (Wildman–Crippen LogP) is 2.87. The van der Waals surface area contributed by atoms with Crippen molar-refractivity contribution in [1.82, 2.24) is 4.98 Å². The van der Waals surface area contributed by atoms with Gasteiger partial charge in [-0.15, -0.1) is 0 Å². The van der Waals surface area contributed by atoms with Crippen LogP contribution in [0.25, 0.3) is 0 Å². The van der Waals surface area contributed by atoms with Crippen molar-refractivity contribution < 1.29 is 23.8 Å². The molecule has 7 nitrogen and oxygen atoms in total. The maximum absolute atomic E-state index is 12.1. The molecule has 0 aliphatic carbocycles. The molecule has 0 unspecified atom stereocenters. The van der Waals surface area contributed by atoms with Crippen molar-refractivity contribution in [1.29, 1.82) is 0 Å². The Balaban J connectivity index is 1.96. The lowest BCUT2D eigenvalue weighted by Crippen LogP contribution is -2.30. The molecule has 0 fully saturated rings. The Morgan fingerprint density at radius 2 is 2.00 bits per heavy atom. The van der Waals surface area contributed by atoms with E-state index in [4.69, 9.17) is 25.8 Å². The number of aromatic nitrogens is 1. The maximum Gasteiger partial charge on any atom is 0.311 e. The number of hydrogen-bond acceptors (Lipinski definition) is 6. The molecule has 0 saturated heterocycles. The molecular weight excluding hydrogens is 360 g/mol. The summed E-state index contributed by atoms with van der Waals surface area (Å²) in [5.41, 5.74) is 0.972. The number of anilines is 1. The van der Waals surface area contributed by atoms with Crippen molar-refractivity contribution in [2.75, 3.05) is 19.5 Å². The number of nitrogens with one attached hydrogen (secondary N) is 1. The van der Waals surface area contributed by atoms with Crippen molar-refractivity contribution in [2.24, 2.45) is 0 Å². The average Bonchev–Trinajstić information content (AvgIpc) is 2.63. The van der Waals surface area contributed by atoms with Crippen LogP contribution in [0.1, 0.15) is 12.5 Å². The highest BCUT2D eigenvalue weighted by Crippen LogP contribution is 2.25. The van der Waals surface area contributed by atoms with Crippen LogP contribution < -0.4 is 14.8 Å². The number of rotatable bonds is 7. The van der Waals surface area contributed by atoms with E-state index in [1.165, 1.54) is 27.3 Å². The van der Waals surface area contributed by atoms with E-state index in [2.05, 4.69) is 10.3 Å². The number of ether oxygens (including phenoxy) is 3. The number of nitrogens with zero attached hydrogens (tertiary/aromatic N) is 1. The van der Waals surface area contributed by atoms with Crippen molar-refractivity contribution in [3.63, 3.8) is 0 Å². The molecule has 2 aromatic rings. The Bertz CT molecular complexity index is 797. The molecule has 0 bridgehead atoms. The highest BCUT2D eigenvalue weighted by Gasteiger charge is 2.20. The van der Waals surface area contributed by atoms with Gasteiger partial charge in [-0.2, -0.15) is 0 Å². The Morgan fingerprint density at radius 1 is 1.23 bits per heavy atom. The molecule has 1 aromatic carbocycles. The van der Waals surface area contributed by atoms with Crippen LogP contribution in [0.2, 0.25) is 5.15 Å². The Hall–Kier alpha value is -2.80. The number of benzene rings is 1. The summed E-state index contributed by atoms with van der Waals surface area (Å²) < 4.78 is 15.5. The third-order valence-electron chi connectivity index (χ3n) is 3.52. The molecule has 0 aliphatic rings. The quantitative estimate of drug-likeness (QED) is 0.589. The number of halogens is 1. The lowest BCUT2D eigenvalue weighted by Gasteiger charge is -2.15. The Morgan fingerprint density at radius 3 is 2.65 bits per heavy atom. The second-order valence-corrected chi connectivity index (χ2v) is 5.68. The van der Waals surface area contributed by atoms with Gasteiger partial charge in [0.15, 0.2) is 11.3 Å². The summed E-state index contributed by atoms with van der Waals surface area (Å²) in [7, 11) is 3.04. The number of esters is 1. The van der Waals surface area contributed by atoms with Gasteiger partial charge in [-0.1, -0.05) is 17.7 Å². The van der Waals surface area contributed by atoms with Gasteiger partial charge in [-0.05, 0) is 25.1 Å². The summed E-state index contributed by atoms with van der Waals surface area (Å²) in [5, 5.41) is 2.72. The lowest BCUT2D eigenvalue weighted by atomic mass is 10.1. The number of hydrogen-bond donors (Lipinski definition) is 1. The van der Waals surface area contributed by atoms with Crippen LogP contribution in [0.4, 0.5) is 5.69 Å². The van der Waals surface area contributed by atoms with Crippen LogP contribution in [0, 0.1) is 0 Å². The minimum atomic E-state index is -0.997. The van der Waals surface area contributed by atoms with Crippen LogP contribution in [-0.2, 0) is 20.7 Å². The van der Waals surface area contributed by atoms with Gasteiger partial charge < -0.3 is 19.5 Å². The fraction of sp³-hybridized carbons (Fsp3) is 0.278. The zero-order chi connectivity index (χ0) is 19.1. The summed E-state index contributed by atoms with van der Waals surface area (Å²) in [6.45, 7) is 1.47. The van der Waals surface area contributed by atoms with Crippen LogP contribution in [0.15, 0.2) is 36.5 Å². The van der Waals surface area contributed by atoms with Gasteiger partial charge in [-0.3, -0.25) is 9.59 Å². The second-order valence-electron chi connectivity index (χ2n) is 5.32. The van der Waals surface area contributed by atoms with E-state index >= 15 is 0 Å². The average molecular weight is 379 g/mol. The molecule has 0 spiro atoms. The predicted molar refractivity (Wildman–Crippen MR) is 96.7 cm³/mol. The first-order valence-electron chi connectivity index (χ1n) is 7.76. The minimum absolute atomic E-state index is 0.0432. The zero-order valence-electron chi connectivity index (χ0n) is 14.6. The molecule has 0 radical (unpaired) electrons. The van der Waals surface area contributed by atoms with E-state index < -0.39 is 18.0 Å². The van der Waals surface area contributed by atoms with Crippen LogP contribution in [0.3, 0.4) is 0 Å².